The minimum atomic E-state index is -1.81. The number of ether oxygens (including phenoxy) is 1. The predicted octanol–water partition coefficient (Wildman–Crippen LogP) is 1.67. The van der Waals surface area contributed by atoms with Gasteiger partial charge >= 0.3 is 12.2 Å². The van der Waals surface area contributed by atoms with E-state index >= 15 is 0 Å². The zero-order valence-electron chi connectivity index (χ0n) is 8.07. The van der Waals surface area contributed by atoms with E-state index in [2.05, 4.69) is 4.74 Å². The Morgan fingerprint density at radius 1 is 1.56 bits per heavy atom. The first kappa shape index (κ1) is 15.7. The summed E-state index contributed by atoms with van der Waals surface area (Å²) in [5.41, 5.74) is 0. The van der Waals surface area contributed by atoms with Gasteiger partial charge in [0.05, 0.1) is 18.0 Å². The maximum absolute atomic E-state index is 10.0. The van der Waals surface area contributed by atoms with E-state index in [4.69, 9.17) is 39.9 Å². The largest absolute Gasteiger partial charge is 0.466 e. The zero-order chi connectivity index (χ0) is 12.8. The van der Waals surface area contributed by atoms with E-state index in [1.807, 2.05) is 0 Å². The van der Waals surface area contributed by atoms with Gasteiger partial charge in [-0.1, -0.05) is 34.8 Å². The number of carbonyl (C=O) groups is 1. The van der Waals surface area contributed by atoms with Crippen molar-refractivity contribution in [1.82, 2.24) is 0 Å². The highest BCUT2D eigenvalue weighted by Gasteiger charge is 2.30. The summed E-state index contributed by atoms with van der Waals surface area (Å²) in [6.07, 6.45) is -0.781. The van der Waals surface area contributed by atoms with Gasteiger partial charge in [0.15, 0.2) is 3.79 Å². The van der Waals surface area contributed by atoms with Crippen molar-refractivity contribution in [3.8, 4) is 0 Å². The number of cyclic esters (lactones) is 1. The van der Waals surface area contributed by atoms with Crippen LogP contribution in [0.15, 0.2) is 0 Å². The topological polar surface area (TPSA) is 89.7 Å². The van der Waals surface area contributed by atoms with Gasteiger partial charge in [0.1, 0.15) is 0 Å². The van der Waals surface area contributed by atoms with Crippen LogP contribution in [0.5, 0.6) is 0 Å². The highest BCUT2D eigenvalue weighted by atomic mass is 35.6. The summed E-state index contributed by atoms with van der Waals surface area (Å²) in [6, 6.07) is 0. The summed E-state index contributed by atoms with van der Waals surface area (Å²) in [4.78, 5) is 18.8. The predicted molar refractivity (Wildman–Crippen MR) is 58.1 cm³/mol. The number of alkyl halides is 3. The summed E-state index contributed by atoms with van der Waals surface area (Å²) >= 11 is 15.4. The Kier molecular flexibility index (Phi) is 6.98. The minimum absolute atomic E-state index is 0.0463. The number of aliphatic hydroxyl groups is 1. The fourth-order valence-electron chi connectivity index (χ4n) is 0.756. The van der Waals surface area contributed by atoms with Crippen LogP contribution in [0.1, 0.15) is 19.3 Å². The van der Waals surface area contributed by atoms with Crippen LogP contribution in [0.2, 0.25) is 0 Å². The SMILES string of the molecule is O=C1CCCO1.O=[N+]([O-])C(O)CC(Cl)(Cl)Cl. The number of halogens is 3. The maximum atomic E-state index is 10.0. The standard InChI is InChI=1S/C4H6O2.C3H4Cl3NO3/c5-4-2-1-3-6-4;4-3(5,6)1-2(8)7(9)10/h1-3H2;2,8H,1H2. The van der Waals surface area contributed by atoms with E-state index in [9.17, 15) is 14.9 Å². The Labute approximate surface area is 107 Å². The number of aliphatic hydroxyl groups excluding tert-OH is 1. The summed E-state index contributed by atoms with van der Waals surface area (Å²) < 4.78 is 2.74. The van der Waals surface area contributed by atoms with Gasteiger partial charge in [-0.2, -0.15) is 0 Å². The van der Waals surface area contributed by atoms with Crippen molar-refractivity contribution in [2.75, 3.05) is 6.61 Å². The molecule has 1 aliphatic heterocycles. The normalized spacial score (nSPS) is 17.1. The van der Waals surface area contributed by atoms with E-state index < -0.39 is 21.4 Å². The fraction of sp³-hybridized carbons (Fsp3) is 0.857. The average Bonchev–Trinajstić information content (AvgIpc) is 2.53. The third-order valence-corrected chi connectivity index (χ3v) is 1.91. The number of hydrogen-bond donors (Lipinski definition) is 1. The Hall–Kier alpha value is -0.300. The third kappa shape index (κ3) is 8.96. The molecule has 1 unspecified atom stereocenters. The molecule has 1 heterocycles. The lowest BCUT2D eigenvalue weighted by Crippen LogP contribution is -2.24. The van der Waals surface area contributed by atoms with Crippen molar-refractivity contribution in [2.45, 2.75) is 29.3 Å². The molecule has 0 aromatic heterocycles. The maximum Gasteiger partial charge on any atom is 0.317 e. The van der Waals surface area contributed by atoms with Gasteiger partial charge in [0.25, 0.3) is 0 Å². The number of rotatable bonds is 2. The van der Waals surface area contributed by atoms with E-state index in [1.165, 1.54) is 0 Å². The monoisotopic (exact) mass is 293 g/mol. The van der Waals surface area contributed by atoms with Crippen LogP contribution in [-0.2, 0) is 9.53 Å². The van der Waals surface area contributed by atoms with Gasteiger partial charge in [-0.25, -0.2) is 0 Å². The van der Waals surface area contributed by atoms with Crippen molar-refractivity contribution in [2.24, 2.45) is 0 Å². The fourth-order valence-corrected chi connectivity index (χ4v) is 1.17. The molecule has 16 heavy (non-hydrogen) atoms. The molecule has 0 aromatic carbocycles. The average molecular weight is 295 g/mol. The molecule has 9 heteroatoms. The van der Waals surface area contributed by atoms with E-state index in [-0.39, 0.29) is 5.97 Å². The van der Waals surface area contributed by atoms with Crippen LogP contribution in [0.25, 0.3) is 0 Å². The van der Waals surface area contributed by atoms with Crippen molar-refractivity contribution in [1.29, 1.82) is 0 Å². The summed E-state index contributed by atoms with van der Waals surface area (Å²) in [5, 5.41) is 18.3. The molecule has 0 amide bonds. The highest BCUT2D eigenvalue weighted by Crippen LogP contribution is 2.31. The molecule has 0 bridgehead atoms. The number of nitrogens with zero attached hydrogens (tertiary/aromatic N) is 1. The zero-order valence-corrected chi connectivity index (χ0v) is 10.3. The van der Waals surface area contributed by atoms with Crippen molar-refractivity contribution >= 4 is 40.8 Å². The molecule has 1 atom stereocenters. The van der Waals surface area contributed by atoms with Gasteiger partial charge < -0.3 is 9.84 Å². The number of esters is 1. The summed E-state index contributed by atoms with van der Waals surface area (Å²) in [6.45, 7) is 0.638. The first-order valence-electron chi connectivity index (χ1n) is 4.26. The molecular weight excluding hydrogens is 284 g/mol. The van der Waals surface area contributed by atoms with Crippen LogP contribution < -0.4 is 0 Å². The molecule has 0 aromatic rings. The van der Waals surface area contributed by atoms with Gasteiger partial charge in [-0.3, -0.25) is 14.9 Å². The second-order valence-electron chi connectivity index (χ2n) is 2.91. The van der Waals surface area contributed by atoms with Gasteiger partial charge in [-0.05, 0) is 6.42 Å². The molecule has 94 valence electrons. The van der Waals surface area contributed by atoms with Gasteiger partial charge in [0.2, 0.25) is 0 Å². The van der Waals surface area contributed by atoms with Gasteiger partial charge in [-0.15, -0.1) is 0 Å². The lowest BCUT2D eigenvalue weighted by molar-refractivity contribution is -0.571. The Morgan fingerprint density at radius 2 is 2.12 bits per heavy atom. The lowest BCUT2D eigenvalue weighted by Gasteiger charge is -2.09. The minimum Gasteiger partial charge on any atom is -0.466 e. The number of hydrogen-bond acceptors (Lipinski definition) is 5. The third-order valence-electron chi connectivity index (χ3n) is 1.45. The molecule has 1 saturated heterocycles. The van der Waals surface area contributed by atoms with Gasteiger partial charge in [0, 0.05) is 6.42 Å². The van der Waals surface area contributed by atoms with Crippen molar-refractivity contribution < 1.29 is 19.6 Å². The summed E-state index contributed by atoms with van der Waals surface area (Å²) in [7, 11) is 0. The first-order chi connectivity index (χ1) is 7.22. The van der Waals surface area contributed by atoms with E-state index in [0.717, 1.165) is 6.42 Å². The van der Waals surface area contributed by atoms with Crippen molar-refractivity contribution in [3.05, 3.63) is 10.1 Å². The van der Waals surface area contributed by atoms with Crippen LogP contribution in [0, 0.1) is 10.1 Å². The molecule has 1 fully saturated rings. The highest BCUT2D eigenvalue weighted by molar-refractivity contribution is 6.67. The molecule has 0 radical (unpaired) electrons. The van der Waals surface area contributed by atoms with E-state index in [1.54, 1.807) is 0 Å². The first-order valence-corrected chi connectivity index (χ1v) is 5.39. The quantitative estimate of drug-likeness (QED) is 0.275. The molecule has 1 rings (SSSR count). The molecule has 0 aliphatic carbocycles. The second kappa shape index (κ2) is 7.11. The Morgan fingerprint density at radius 3 is 2.25 bits per heavy atom. The molecule has 0 saturated carbocycles. The molecular formula is C7H10Cl3NO5. The molecule has 6 nitrogen and oxygen atoms in total. The Bertz CT molecular complexity index is 247. The molecule has 1 N–H and O–H groups in total. The van der Waals surface area contributed by atoms with Crippen LogP contribution in [0.3, 0.4) is 0 Å². The van der Waals surface area contributed by atoms with E-state index in [0.29, 0.717) is 13.0 Å². The van der Waals surface area contributed by atoms with Crippen LogP contribution in [0.4, 0.5) is 0 Å². The number of carbonyl (C=O) groups excluding carboxylic acids is 1. The molecule has 1 aliphatic rings. The Balaban J connectivity index is 0.000000315. The summed E-state index contributed by atoms with van der Waals surface area (Å²) in [5.74, 6) is -0.0463. The number of nitro groups is 1. The molecule has 0 spiro atoms. The van der Waals surface area contributed by atoms with Crippen LogP contribution >= 0.6 is 34.8 Å². The van der Waals surface area contributed by atoms with Crippen LogP contribution in [-0.4, -0.2) is 32.6 Å². The smallest absolute Gasteiger partial charge is 0.317 e. The second-order valence-corrected chi connectivity index (χ2v) is 5.43. The lowest BCUT2D eigenvalue weighted by atomic mass is 10.4. The van der Waals surface area contributed by atoms with Crippen molar-refractivity contribution in [3.63, 3.8) is 0 Å².